The lowest BCUT2D eigenvalue weighted by atomic mass is 10.0. The minimum Gasteiger partial charge on any atom is -0.496 e. The Balaban J connectivity index is 2.08. The molecule has 0 bridgehead atoms. The molecule has 0 spiro atoms. The number of hydrogen-bond acceptors (Lipinski definition) is 2. The Bertz CT molecular complexity index is 456. The van der Waals surface area contributed by atoms with Crippen molar-refractivity contribution in [2.45, 2.75) is 45.6 Å². The van der Waals surface area contributed by atoms with Gasteiger partial charge in [0.2, 0.25) is 5.91 Å². The average Bonchev–Trinajstić information content (AvgIpc) is 2.86. The molecule has 1 heterocycles. The Hall–Kier alpha value is -1.51. The van der Waals surface area contributed by atoms with E-state index in [1.807, 2.05) is 13.0 Å². The first-order chi connectivity index (χ1) is 9.15. The van der Waals surface area contributed by atoms with Gasteiger partial charge in [-0.25, -0.2) is 0 Å². The van der Waals surface area contributed by atoms with Gasteiger partial charge in [0.25, 0.3) is 0 Å². The summed E-state index contributed by atoms with van der Waals surface area (Å²) in [5.74, 6) is 1.21. The highest BCUT2D eigenvalue weighted by Crippen LogP contribution is 2.24. The maximum atomic E-state index is 11.9. The molecule has 19 heavy (non-hydrogen) atoms. The normalized spacial score (nSPS) is 18.7. The molecule has 104 valence electrons. The minimum absolute atomic E-state index is 0.285. The molecule has 3 heteroatoms. The van der Waals surface area contributed by atoms with Gasteiger partial charge in [0, 0.05) is 19.0 Å². The lowest BCUT2D eigenvalue weighted by Gasteiger charge is -2.24. The highest BCUT2D eigenvalue weighted by Gasteiger charge is 2.27. The fourth-order valence-corrected chi connectivity index (χ4v) is 2.92. The number of hydrogen-bond donors (Lipinski definition) is 0. The van der Waals surface area contributed by atoms with Crippen molar-refractivity contribution >= 4 is 5.91 Å². The Kier molecular flexibility index (Phi) is 4.46. The molecule has 1 fully saturated rings. The first-order valence-electron chi connectivity index (χ1n) is 7.08. The first kappa shape index (κ1) is 13.9. The number of carbonyl (C=O) groups is 1. The third-order valence-electron chi connectivity index (χ3n) is 3.93. The van der Waals surface area contributed by atoms with Gasteiger partial charge in [-0.2, -0.15) is 0 Å². The maximum Gasteiger partial charge on any atom is 0.222 e. The summed E-state index contributed by atoms with van der Waals surface area (Å²) in [6.07, 6.45) is 3.82. The molecular formula is C16H23NO2. The quantitative estimate of drug-likeness (QED) is 0.834. The number of aryl methyl sites for hydroxylation is 1. The lowest BCUT2D eigenvalue weighted by molar-refractivity contribution is -0.131. The Morgan fingerprint density at radius 2 is 2.26 bits per heavy atom. The number of amides is 1. The molecule has 1 atom stereocenters. The molecule has 3 nitrogen and oxygen atoms in total. The molecule has 1 aliphatic rings. The molecule has 1 aromatic carbocycles. The van der Waals surface area contributed by atoms with Crippen molar-refractivity contribution in [1.82, 2.24) is 4.90 Å². The zero-order valence-corrected chi connectivity index (χ0v) is 12.1. The summed E-state index contributed by atoms with van der Waals surface area (Å²) in [6.45, 7) is 4.92. The number of likely N-dealkylation sites (tertiary alicyclic amines) is 1. The van der Waals surface area contributed by atoms with Crippen LogP contribution in [0.2, 0.25) is 0 Å². The van der Waals surface area contributed by atoms with E-state index in [9.17, 15) is 4.79 Å². The van der Waals surface area contributed by atoms with E-state index >= 15 is 0 Å². The van der Waals surface area contributed by atoms with Gasteiger partial charge in [0.05, 0.1) is 7.11 Å². The SMILES string of the molecule is CCC(=O)N1CCCC1Cc1ccc(OC)c(C)c1. The van der Waals surface area contributed by atoms with Crippen LogP contribution in [0, 0.1) is 6.92 Å². The molecule has 1 unspecified atom stereocenters. The van der Waals surface area contributed by atoms with E-state index in [-0.39, 0.29) is 5.91 Å². The van der Waals surface area contributed by atoms with Crippen molar-refractivity contribution in [3.63, 3.8) is 0 Å². The van der Waals surface area contributed by atoms with Crippen LogP contribution in [0.1, 0.15) is 37.3 Å². The summed E-state index contributed by atoms with van der Waals surface area (Å²) in [7, 11) is 1.70. The Morgan fingerprint density at radius 1 is 1.47 bits per heavy atom. The highest BCUT2D eigenvalue weighted by molar-refractivity contribution is 5.76. The van der Waals surface area contributed by atoms with E-state index in [0.717, 1.165) is 37.1 Å². The smallest absolute Gasteiger partial charge is 0.222 e. The molecular weight excluding hydrogens is 238 g/mol. The van der Waals surface area contributed by atoms with Crippen LogP contribution in [0.5, 0.6) is 5.75 Å². The third kappa shape index (κ3) is 3.09. The predicted octanol–water partition coefficient (Wildman–Crippen LogP) is 2.95. The van der Waals surface area contributed by atoms with Crippen LogP contribution in [-0.2, 0) is 11.2 Å². The third-order valence-corrected chi connectivity index (χ3v) is 3.93. The molecule has 0 saturated carbocycles. The van der Waals surface area contributed by atoms with Gasteiger partial charge in [-0.15, -0.1) is 0 Å². The molecule has 0 aliphatic carbocycles. The largest absolute Gasteiger partial charge is 0.496 e. The second-order valence-electron chi connectivity index (χ2n) is 5.24. The molecule has 1 aliphatic heterocycles. The van der Waals surface area contributed by atoms with E-state index in [1.54, 1.807) is 7.11 Å². The van der Waals surface area contributed by atoms with Crippen molar-refractivity contribution in [1.29, 1.82) is 0 Å². The number of methoxy groups -OCH3 is 1. The standard InChI is InChI=1S/C16H23NO2/c1-4-16(18)17-9-5-6-14(17)11-13-7-8-15(19-3)12(2)10-13/h7-8,10,14H,4-6,9,11H2,1-3H3. The molecule has 0 radical (unpaired) electrons. The van der Waals surface area contributed by atoms with Crippen molar-refractivity contribution in [3.8, 4) is 5.75 Å². The van der Waals surface area contributed by atoms with Crippen LogP contribution in [0.15, 0.2) is 18.2 Å². The number of nitrogens with zero attached hydrogens (tertiary/aromatic N) is 1. The van der Waals surface area contributed by atoms with Crippen molar-refractivity contribution in [2.75, 3.05) is 13.7 Å². The molecule has 2 rings (SSSR count). The van der Waals surface area contributed by atoms with E-state index in [0.29, 0.717) is 12.5 Å². The van der Waals surface area contributed by atoms with E-state index in [2.05, 4.69) is 24.0 Å². The van der Waals surface area contributed by atoms with E-state index in [1.165, 1.54) is 5.56 Å². The summed E-state index contributed by atoms with van der Waals surface area (Å²) in [6, 6.07) is 6.68. The van der Waals surface area contributed by atoms with Crippen LogP contribution < -0.4 is 4.74 Å². The summed E-state index contributed by atoms with van der Waals surface area (Å²) in [5.41, 5.74) is 2.45. The van der Waals surface area contributed by atoms with Gasteiger partial charge in [0.15, 0.2) is 0 Å². The number of benzene rings is 1. The Labute approximate surface area is 115 Å². The second kappa shape index (κ2) is 6.09. The van der Waals surface area contributed by atoms with Crippen LogP contribution in [-0.4, -0.2) is 30.5 Å². The van der Waals surface area contributed by atoms with Crippen LogP contribution >= 0.6 is 0 Å². The fourth-order valence-electron chi connectivity index (χ4n) is 2.92. The second-order valence-corrected chi connectivity index (χ2v) is 5.24. The van der Waals surface area contributed by atoms with Crippen LogP contribution in [0.3, 0.4) is 0 Å². The maximum absolute atomic E-state index is 11.9. The molecule has 1 saturated heterocycles. The topological polar surface area (TPSA) is 29.5 Å². The molecule has 1 aromatic rings. The number of ether oxygens (including phenoxy) is 1. The van der Waals surface area contributed by atoms with E-state index < -0.39 is 0 Å². The van der Waals surface area contributed by atoms with Gasteiger partial charge in [-0.3, -0.25) is 4.79 Å². The zero-order valence-electron chi connectivity index (χ0n) is 12.1. The predicted molar refractivity (Wildman–Crippen MR) is 76.5 cm³/mol. The van der Waals surface area contributed by atoms with Gasteiger partial charge in [-0.05, 0) is 43.4 Å². The Morgan fingerprint density at radius 3 is 2.89 bits per heavy atom. The van der Waals surface area contributed by atoms with Crippen molar-refractivity contribution in [3.05, 3.63) is 29.3 Å². The summed E-state index contributed by atoms with van der Waals surface area (Å²) in [4.78, 5) is 13.9. The summed E-state index contributed by atoms with van der Waals surface area (Å²) in [5, 5.41) is 0. The molecule has 0 aromatic heterocycles. The van der Waals surface area contributed by atoms with Crippen LogP contribution in [0.25, 0.3) is 0 Å². The first-order valence-corrected chi connectivity index (χ1v) is 7.08. The average molecular weight is 261 g/mol. The highest BCUT2D eigenvalue weighted by atomic mass is 16.5. The zero-order chi connectivity index (χ0) is 13.8. The molecule has 1 amide bonds. The van der Waals surface area contributed by atoms with Crippen LogP contribution in [0.4, 0.5) is 0 Å². The van der Waals surface area contributed by atoms with Crippen molar-refractivity contribution < 1.29 is 9.53 Å². The number of carbonyl (C=O) groups excluding carboxylic acids is 1. The van der Waals surface area contributed by atoms with Gasteiger partial charge < -0.3 is 9.64 Å². The van der Waals surface area contributed by atoms with Gasteiger partial charge in [-0.1, -0.05) is 19.1 Å². The lowest BCUT2D eigenvalue weighted by Crippen LogP contribution is -2.36. The minimum atomic E-state index is 0.285. The fraction of sp³-hybridized carbons (Fsp3) is 0.562. The number of rotatable bonds is 4. The van der Waals surface area contributed by atoms with Gasteiger partial charge in [0.1, 0.15) is 5.75 Å². The summed E-state index contributed by atoms with van der Waals surface area (Å²) >= 11 is 0. The monoisotopic (exact) mass is 261 g/mol. The van der Waals surface area contributed by atoms with Gasteiger partial charge >= 0.3 is 0 Å². The van der Waals surface area contributed by atoms with Crippen molar-refractivity contribution in [2.24, 2.45) is 0 Å². The molecule has 0 N–H and O–H groups in total. The van der Waals surface area contributed by atoms with E-state index in [4.69, 9.17) is 4.74 Å². The summed E-state index contributed by atoms with van der Waals surface area (Å²) < 4.78 is 5.28.